The third-order valence-corrected chi connectivity index (χ3v) is 4.22. The summed E-state index contributed by atoms with van der Waals surface area (Å²) in [5, 5.41) is 0.253. The molecule has 1 aromatic carbocycles. The smallest absolute Gasteiger partial charge is 0.253 e. The van der Waals surface area contributed by atoms with Gasteiger partial charge in [0.2, 0.25) is 0 Å². The first-order chi connectivity index (χ1) is 8.47. The van der Waals surface area contributed by atoms with E-state index < -0.39 is 5.82 Å². The van der Waals surface area contributed by atoms with Crippen LogP contribution in [0.5, 0.6) is 0 Å². The minimum Gasteiger partial charge on any atom is -0.341 e. The van der Waals surface area contributed by atoms with Crippen molar-refractivity contribution in [1.82, 2.24) is 4.90 Å². The van der Waals surface area contributed by atoms with Crippen LogP contribution in [0.15, 0.2) is 22.7 Å². The number of hydrogen-bond acceptors (Lipinski definition) is 1. The maximum absolute atomic E-state index is 13.4. The second-order valence-electron chi connectivity index (χ2n) is 4.75. The summed E-state index contributed by atoms with van der Waals surface area (Å²) in [6, 6.07) is 4.43. The minimum atomic E-state index is -0.418. The zero-order valence-electron chi connectivity index (χ0n) is 10.00. The monoisotopic (exact) mass is 333 g/mol. The topological polar surface area (TPSA) is 20.3 Å². The van der Waals surface area contributed by atoms with Gasteiger partial charge in [-0.15, -0.1) is 11.6 Å². The fourth-order valence-corrected chi connectivity index (χ4v) is 2.87. The molecular formula is C13H14BrClFNO. The zero-order chi connectivity index (χ0) is 13.3. The molecule has 0 heterocycles. The number of benzene rings is 1. The fourth-order valence-electron chi connectivity index (χ4n) is 2.12. The second-order valence-corrected chi connectivity index (χ2v) is 6.22. The summed E-state index contributed by atoms with van der Waals surface area (Å²) in [5.74, 6) is -0.0973. The van der Waals surface area contributed by atoms with Crippen molar-refractivity contribution in [3.8, 4) is 0 Å². The van der Waals surface area contributed by atoms with Crippen molar-refractivity contribution in [3.05, 3.63) is 34.1 Å². The number of halogens is 3. The molecule has 1 fully saturated rings. The Hall–Kier alpha value is -0.610. The lowest BCUT2D eigenvalue weighted by Gasteiger charge is -2.34. The van der Waals surface area contributed by atoms with E-state index in [9.17, 15) is 9.18 Å². The van der Waals surface area contributed by atoms with Crippen molar-refractivity contribution < 1.29 is 9.18 Å². The van der Waals surface area contributed by atoms with Crippen molar-refractivity contribution in [2.75, 3.05) is 13.6 Å². The van der Waals surface area contributed by atoms with Crippen LogP contribution in [0.4, 0.5) is 4.39 Å². The highest BCUT2D eigenvalue weighted by Gasteiger charge is 2.29. The van der Waals surface area contributed by atoms with E-state index in [1.807, 2.05) is 0 Å². The van der Waals surface area contributed by atoms with E-state index in [1.54, 1.807) is 24.1 Å². The molecule has 0 aromatic heterocycles. The van der Waals surface area contributed by atoms with E-state index >= 15 is 0 Å². The molecule has 0 radical (unpaired) electrons. The number of rotatable bonds is 3. The summed E-state index contributed by atoms with van der Waals surface area (Å²) in [7, 11) is 1.74. The standard InChI is InChI=1S/C13H14BrClFNO/c1-17(7-8-4-10(15)5-8)13(18)9-2-3-11(14)12(16)6-9/h2-3,6,8,10H,4-5,7H2,1H3. The van der Waals surface area contributed by atoms with Gasteiger partial charge in [0.1, 0.15) is 5.82 Å². The zero-order valence-corrected chi connectivity index (χ0v) is 12.3. The number of amides is 1. The molecule has 1 saturated carbocycles. The molecule has 0 unspecified atom stereocenters. The average Bonchev–Trinajstić information content (AvgIpc) is 2.29. The van der Waals surface area contributed by atoms with Crippen molar-refractivity contribution in [2.45, 2.75) is 18.2 Å². The summed E-state index contributed by atoms with van der Waals surface area (Å²) in [4.78, 5) is 13.7. The van der Waals surface area contributed by atoms with Gasteiger partial charge < -0.3 is 4.90 Å². The quantitative estimate of drug-likeness (QED) is 0.772. The van der Waals surface area contributed by atoms with Gasteiger partial charge >= 0.3 is 0 Å². The summed E-state index contributed by atoms with van der Waals surface area (Å²) < 4.78 is 13.7. The first-order valence-corrected chi connectivity index (χ1v) is 7.05. The van der Waals surface area contributed by atoms with Crippen LogP contribution < -0.4 is 0 Å². The predicted octanol–water partition coefficient (Wildman–Crippen LogP) is 3.68. The van der Waals surface area contributed by atoms with Gasteiger partial charge in [0.05, 0.1) is 4.47 Å². The summed E-state index contributed by atoms with van der Waals surface area (Å²) in [6.45, 7) is 0.680. The van der Waals surface area contributed by atoms with Gasteiger partial charge in [0.25, 0.3) is 5.91 Å². The van der Waals surface area contributed by atoms with Crippen LogP contribution in [0, 0.1) is 11.7 Å². The molecule has 2 nitrogen and oxygen atoms in total. The van der Waals surface area contributed by atoms with E-state index in [-0.39, 0.29) is 11.3 Å². The van der Waals surface area contributed by atoms with Crippen LogP contribution >= 0.6 is 27.5 Å². The summed E-state index contributed by atoms with van der Waals surface area (Å²) >= 11 is 8.97. The highest BCUT2D eigenvalue weighted by atomic mass is 79.9. The van der Waals surface area contributed by atoms with Crippen LogP contribution in [0.2, 0.25) is 0 Å². The number of alkyl halides is 1. The molecule has 1 aliphatic carbocycles. The molecule has 0 aliphatic heterocycles. The molecule has 5 heteroatoms. The van der Waals surface area contributed by atoms with E-state index in [1.165, 1.54) is 6.07 Å². The molecular weight excluding hydrogens is 321 g/mol. The molecule has 0 bridgehead atoms. The molecule has 0 spiro atoms. The van der Waals surface area contributed by atoms with Crippen LogP contribution in [0.3, 0.4) is 0 Å². The Morgan fingerprint density at radius 3 is 2.78 bits per heavy atom. The lowest BCUT2D eigenvalue weighted by molar-refractivity contribution is 0.0746. The molecule has 18 heavy (non-hydrogen) atoms. The van der Waals surface area contributed by atoms with Gasteiger partial charge in [-0.3, -0.25) is 4.79 Å². The number of carbonyl (C=O) groups excluding carboxylic acids is 1. The molecule has 0 N–H and O–H groups in total. The Labute approximate surface area is 119 Å². The predicted molar refractivity (Wildman–Crippen MR) is 73.4 cm³/mol. The first-order valence-electron chi connectivity index (χ1n) is 5.82. The van der Waals surface area contributed by atoms with Crippen molar-refractivity contribution in [3.63, 3.8) is 0 Å². The SMILES string of the molecule is CN(CC1CC(Cl)C1)C(=O)c1ccc(Br)c(F)c1. The number of nitrogens with zero attached hydrogens (tertiary/aromatic N) is 1. The lowest BCUT2D eigenvalue weighted by atomic mass is 9.84. The largest absolute Gasteiger partial charge is 0.341 e. The Morgan fingerprint density at radius 2 is 2.22 bits per heavy atom. The summed E-state index contributed by atoms with van der Waals surface area (Å²) in [6.07, 6.45) is 1.90. The van der Waals surface area contributed by atoms with Crippen molar-refractivity contribution >= 4 is 33.4 Å². The van der Waals surface area contributed by atoms with E-state index in [0.717, 1.165) is 12.8 Å². The molecule has 1 aromatic rings. The van der Waals surface area contributed by atoms with Crippen LogP contribution in [-0.4, -0.2) is 29.8 Å². The highest BCUT2D eigenvalue weighted by Crippen LogP contribution is 2.32. The fraction of sp³-hybridized carbons (Fsp3) is 0.462. The third-order valence-electron chi connectivity index (χ3n) is 3.22. The average molecular weight is 335 g/mol. The van der Waals surface area contributed by atoms with E-state index in [0.29, 0.717) is 22.5 Å². The lowest BCUT2D eigenvalue weighted by Crippen LogP contribution is -2.37. The van der Waals surface area contributed by atoms with Crippen molar-refractivity contribution in [2.24, 2.45) is 5.92 Å². The van der Waals surface area contributed by atoms with E-state index in [4.69, 9.17) is 11.6 Å². The Balaban J connectivity index is 1.99. The number of hydrogen-bond donors (Lipinski definition) is 0. The molecule has 0 saturated heterocycles. The molecule has 0 atom stereocenters. The Bertz CT molecular complexity index is 462. The molecule has 98 valence electrons. The maximum Gasteiger partial charge on any atom is 0.253 e. The van der Waals surface area contributed by atoms with Crippen molar-refractivity contribution in [1.29, 1.82) is 0 Å². The Kier molecular flexibility index (Phi) is 4.28. The first kappa shape index (κ1) is 13.8. The number of carbonyl (C=O) groups is 1. The van der Waals surface area contributed by atoms with Gasteiger partial charge in [-0.2, -0.15) is 0 Å². The van der Waals surface area contributed by atoms with Crippen LogP contribution in [-0.2, 0) is 0 Å². The Morgan fingerprint density at radius 1 is 1.56 bits per heavy atom. The normalized spacial score (nSPS) is 22.4. The van der Waals surface area contributed by atoms with Gasteiger partial charge in [0, 0.05) is 24.5 Å². The maximum atomic E-state index is 13.4. The van der Waals surface area contributed by atoms with Crippen LogP contribution in [0.25, 0.3) is 0 Å². The van der Waals surface area contributed by atoms with Gasteiger partial charge in [-0.1, -0.05) is 0 Å². The third kappa shape index (κ3) is 3.04. The molecule has 2 rings (SSSR count). The van der Waals surface area contributed by atoms with Crippen LogP contribution in [0.1, 0.15) is 23.2 Å². The highest BCUT2D eigenvalue weighted by molar-refractivity contribution is 9.10. The molecule has 1 aliphatic rings. The van der Waals surface area contributed by atoms with Gasteiger partial charge in [0.15, 0.2) is 0 Å². The second kappa shape index (κ2) is 5.57. The molecule has 1 amide bonds. The summed E-state index contributed by atoms with van der Waals surface area (Å²) in [5.41, 5.74) is 0.375. The van der Waals surface area contributed by atoms with Gasteiger partial charge in [-0.25, -0.2) is 4.39 Å². The minimum absolute atomic E-state index is 0.153. The van der Waals surface area contributed by atoms with E-state index in [2.05, 4.69) is 15.9 Å². The van der Waals surface area contributed by atoms with Gasteiger partial charge in [-0.05, 0) is 52.9 Å².